The zero-order chi connectivity index (χ0) is 19.2. The van der Waals surface area contributed by atoms with E-state index in [1.165, 1.54) is 27.7 Å². The van der Waals surface area contributed by atoms with Crippen LogP contribution in [0.25, 0.3) is 4.96 Å². The highest BCUT2D eigenvalue weighted by Gasteiger charge is 2.31. The summed E-state index contributed by atoms with van der Waals surface area (Å²) in [5.74, 6) is 0.439. The fourth-order valence-electron chi connectivity index (χ4n) is 3.60. The van der Waals surface area contributed by atoms with E-state index in [1.807, 2.05) is 0 Å². The SMILES string of the molecule is CC(C)(C)c1ccc(C(c2sc3ncnn3c2O)N2CCC(=O)CC2)cc1. The van der Waals surface area contributed by atoms with Crippen molar-refractivity contribution in [1.29, 1.82) is 0 Å². The molecule has 0 aliphatic carbocycles. The van der Waals surface area contributed by atoms with Gasteiger partial charge < -0.3 is 5.11 Å². The van der Waals surface area contributed by atoms with E-state index in [1.54, 1.807) is 0 Å². The molecule has 0 amide bonds. The highest BCUT2D eigenvalue weighted by molar-refractivity contribution is 7.17. The zero-order valence-electron chi connectivity index (χ0n) is 15.8. The lowest BCUT2D eigenvalue weighted by molar-refractivity contribution is -0.121. The number of rotatable bonds is 3. The summed E-state index contributed by atoms with van der Waals surface area (Å²) in [5.41, 5.74) is 2.46. The number of carbonyl (C=O) groups excluding carboxylic acids is 1. The van der Waals surface area contributed by atoms with Crippen LogP contribution in [-0.4, -0.2) is 43.5 Å². The van der Waals surface area contributed by atoms with Gasteiger partial charge in [0, 0.05) is 25.9 Å². The Bertz CT molecular complexity index is 958. The van der Waals surface area contributed by atoms with Gasteiger partial charge in [-0.05, 0) is 16.5 Å². The summed E-state index contributed by atoms with van der Waals surface area (Å²) in [7, 11) is 0. The zero-order valence-corrected chi connectivity index (χ0v) is 16.7. The molecule has 0 saturated carbocycles. The average Bonchev–Trinajstić information content (AvgIpc) is 3.20. The van der Waals surface area contributed by atoms with Crippen molar-refractivity contribution in [3.63, 3.8) is 0 Å². The number of piperidine rings is 1. The van der Waals surface area contributed by atoms with Crippen LogP contribution in [0.2, 0.25) is 0 Å². The van der Waals surface area contributed by atoms with Crippen molar-refractivity contribution < 1.29 is 9.90 Å². The molecule has 1 saturated heterocycles. The van der Waals surface area contributed by atoms with Crippen LogP contribution in [0.3, 0.4) is 0 Å². The number of carbonyl (C=O) groups is 1. The van der Waals surface area contributed by atoms with Gasteiger partial charge in [0.2, 0.25) is 10.8 Å². The topological polar surface area (TPSA) is 70.7 Å². The molecule has 1 aromatic carbocycles. The maximum absolute atomic E-state index is 11.7. The Balaban J connectivity index is 1.77. The van der Waals surface area contributed by atoms with Crippen molar-refractivity contribution in [2.75, 3.05) is 13.1 Å². The number of benzene rings is 1. The van der Waals surface area contributed by atoms with E-state index in [9.17, 15) is 9.90 Å². The van der Waals surface area contributed by atoms with E-state index in [4.69, 9.17) is 0 Å². The minimum atomic E-state index is -0.111. The fraction of sp³-hybridized carbons (Fsp3) is 0.450. The molecule has 0 spiro atoms. The first-order chi connectivity index (χ1) is 12.8. The van der Waals surface area contributed by atoms with Crippen molar-refractivity contribution >= 4 is 22.1 Å². The minimum absolute atomic E-state index is 0.0846. The number of aromatic hydroxyl groups is 1. The molecule has 3 heterocycles. The summed E-state index contributed by atoms with van der Waals surface area (Å²) < 4.78 is 1.48. The van der Waals surface area contributed by atoms with Crippen molar-refractivity contribution in [2.45, 2.75) is 45.1 Å². The number of aromatic nitrogens is 3. The molecule has 0 radical (unpaired) electrons. The predicted molar refractivity (Wildman–Crippen MR) is 105 cm³/mol. The number of likely N-dealkylation sites (tertiary alicyclic amines) is 1. The second-order valence-corrected chi connectivity index (χ2v) is 9.10. The van der Waals surface area contributed by atoms with E-state index in [0.29, 0.717) is 36.7 Å². The largest absolute Gasteiger partial charge is 0.492 e. The third kappa shape index (κ3) is 3.37. The molecular weight excluding hydrogens is 360 g/mol. The van der Waals surface area contributed by atoms with Crippen molar-refractivity contribution in [2.24, 2.45) is 0 Å². The summed E-state index contributed by atoms with van der Waals surface area (Å²) in [6.07, 6.45) is 2.55. The van der Waals surface area contributed by atoms with Gasteiger partial charge >= 0.3 is 0 Å². The lowest BCUT2D eigenvalue weighted by Crippen LogP contribution is -2.37. The number of nitrogens with zero attached hydrogens (tertiary/aromatic N) is 4. The summed E-state index contributed by atoms with van der Waals surface area (Å²) in [6.45, 7) is 7.97. The molecule has 142 valence electrons. The Hall–Kier alpha value is -2.25. The molecule has 1 atom stereocenters. The van der Waals surface area contributed by atoms with Gasteiger partial charge in [-0.15, -0.1) is 0 Å². The van der Waals surface area contributed by atoms with E-state index in [2.05, 4.69) is 60.0 Å². The highest BCUT2D eigenvalue weighted by atomic mass is 32.1. The number of fused-ring (bicyclic) bond motifs is 1. The number of hydrogen-bond donors (Lipinski definition) is 1. The number of hydrogen-bond acceptors (Lipinski definition) is 6. The van der Waals surface area contributed by atoms with Crippen molar-refractivity contribution in [1.82, 2.24) is 19.5 Å². The smallest absolute Gasteiger partial charge is 0.230 e. The van der Waals surface area contributed by atoms with Crippen molar-refractivity contribution in [3.8, 4) is 5.88 Å². The molecule has 1 unspecified atom stereocenters. The van der Waals surface area contributed by atoms with Crippen LogP contribution in [0.15, 0.2) is 30.6 Å². The van der Waals surface area contributed by atoms with Gasteiger partial charge in [-0.2, -0.15) is 9.61 Å². The molecule has 1 aliphatic heterocycles. The summed E-state index contributed by atoms with van der Waals surface area (Å²) in [6, 6.07) is 8.48. The third-order valence-corrected chi connectivity index (χ3v) is 6.29. The molecule has 3 aromatic rings. The fourth-order valence-corrected chi connectivity index (χ4v) is 4.69. The van der Waals surface area contributed by atoms with Crippen molar-refractivity contribution in [3.05, 3.63) is 46.6 Å². The van der Waals surface area contributed by atoms with Crippen LogP contribution < -0.4 is 0 Å². The van der Waals surface area contributed by atoms with Crippen LogP contribution in [-0.2, 0) is 10.2 Å². The van der Waals surface area contributed by atoms with E-state index >= 15 is 0 Å². The average molecular weight is 385 g/mol. The normalized spacial score (nSPS) is 17.5. The maximum atomic E-state index is 11.7. The molecule has 1 fully saturated rings. The molecular formula is C20H24N4O2S. The lowest BCUT2D eigenvalue weighted by atomic mass is 9.86. The minimum Gasteiger partial charge on any atom is -0.492 e. The molecule has 6 nitrogen and oxygen atoms in total. The first kappa shape index (κ1) is 18.1. The molecule has 4 rings (SSSR count). The van der Waals surface area contributed by atoms with Gasteiger partial charge in [0.1, 0.15) is 12.1 Å². The highest BCUT2D eigenvalue weighted by Crippen LogP contribution is 2.40. The maximum Gasteiger partial charge on any atom is 0.230 e. The Labute approximate surface area is 162 Å². The summed E-state index contributed by atoms with van der Waals surface area (Å²) >= 11 is 1.45. The first-order valence-corrected chi connectivity index (χ1v) is 10.0. The number of ketones is 1. The van der Waals surface area contributed by atoms with E-state index in [-0.39, 0.29) is 17.3 Å². The standard InChI is InChI=1S/C20H24N4O2S/c1-20(2,3)14-6-4-13(5-7-14)16(23-10-8-15(25)9-11-23)17-18(26)24-19(27-17)21-12-22-24/h4-7,12,16,26H,8-11H2,1-3H3. The molecule has 1 aliphatic rings. The Morgan fingerprint density at radius 3 is 2.41 bits per heavy atom. The second-order valence-electron chi connectivity index (χ2n) is 8.09. The van der Waals surface area contributed by atoms with Gasteiger partial charge in [0.25, 0.3) is 0 Å². The first-order valence-electron chi connectivity index (χ1n) is 9.22. The van der Waals surface area contributed by atoms with Crippen LogP contribution in [0.1, 0.15) is 55.7 Å². The van der Waals surface area contributed by atoms with Crippen LogP contribution in [0.4, 0.5) is 0 Å². The van der Waals surface area contributed by atoms with Gasteiger partial charge in [-0.1, -0.05) is 56.4 Å². The van der Waals surface area contributed by atoms with Gasteiger partial charge in [-0.25, -0.2) is 4.98 Å². The van der Waals surface area contributed by atoms with Gasteiger partial charge in [0.15, 0.2) is 0 Å². The quantitative estimate of drug-likeness (QED) is 0.748. The molecule has 7 heteroatoms. The summed E-state index contributed by atoms with van der Waals surface area (Å²) in [5, 5.41) is 14.9. The predicted octanol–water partition coefficient (Wildman–Crippen LogP) is 3.55. The van der Waals surface area contributed by atoms with Gasteiger partial charge in [-0.3, -0.25) is 9.69 Å². The number of thiazole rings is 1. The van der Waals surface area contributed by atoms with E-state index in [0.717, 1.165) is 10.4 Å². The monoisotopic (exact) mass is 384 g/mol. The Morgan fingerprint density at radius 1 is 1.15 bits per heavy atom. The van der Waals surface area contributed by atoms with Crippen LogP contribution >= 0.6 is 11.3 Å². The third-order valence-electron chi connectivity index (χ3n) is 5.20. The number of Topliss-reactive ketones (excluding diaryl/α,β-unsaturated/α-hetero) is 1. The molecule has 0 bridgehead atoms. The van der Waals surface area contributed by atoms with E-state index < -0.39 is 0 Å². The molecule has 1 N–H and O–H groups in total. The molecule has 27 heavy (non-hydrogen) atoms. The second kappa shape index (κ2) is 6.73. The summed E-state index contributed by atoms with van der Waals surface area (Å²) in [4.78, 5) is 19.7. The Kier molecular flexibility index (Phi) is 4.52. The van der Waals surface area contributed by atoms with Crippen LogP contribution in [0.5, 0.6) is 5.88 Å². The lowest BCUT2D eigenvalue weighted by Gasteiger charge is -2.34. The molecule has 2 aromatic heterocycles. The Morgan fingerprint density at radius 2 is 1.81 bits per heavy atom. The van der Waals surface area contributed by atoms with Crippen LogP contribution in [0, 0.1) is 0 Å². The van der Waals surface area contributed by atoms with Gasteiger partial charge in [0.05, 0.1) is 10.9 Å².